The van der Waals surface area contributed by atoms with Crippen LogP contribution in [-0.4, -0.2) is 84.9 Å². The number of nitrogens with zero attached hydrogens (tertiary/aromatic N) is 3. The number of likely N-dealkylation sites (tertiary alicyclic amines) is 2. The molecular formula is C28H37Cl2N3O4. The number of carbonyl (C=O) groups is 3. The van der Waals surface area contributed by atoms with Crippen LogP contribution in [0.5, 0.6) is 0 Å². The highest BCUT2D eigenvalue weighted by Gasteiger charge is 2.48. The lowest BCUT2D eigenvalue weighted by atomic mass is 9.93. The first-order chi connectivity index (χ1) is 17.7. The lowest BCUT2D eigenvalue weighted by molar-refractivity contribution is -0.143. The van der Waals surface area contributed by atoms with Crippen molar-refractivity contribution in [3.63, 3.8) is 0 Å². The van der Waals surface area contributed by atoms with E-state index in [2.05, 4.69) is 0 Å². The molecule has 4 aliphatic rings. The minimum atomic E-state index is -0.185. The molecule has 0 bridgehead atoms. The second-order valence-electron chi connectivity index (χ2n) is 11.7. The third-order valence-electron chi connectivity index (χ3n) is 8.79. The maximum Gasteiger partial charge on any atom is 0.248 e. The Kier molecular flexibility index (Phi) is 7.77. The molecule has 2 saturated carbocycles. The van der Waals surface area contributed by atoms with Crippen molar-refractivity contribution < 1.29 is 19.1 Å². The Morgan fingerprint density at radius 1 is 1.03 bits per heavy atom. The Balaban J connectivity index is 1.25. The van der Waals surface area contributed by atoms with Gasteiger partial charge < -0.3 is 19.4 Å². The zero-order valence-electron chi connectivity index (χ0n) is 21.8. The standard InChI is InChI=1S/C28H37Cl2N3O4/c1-28(9-10-28)27(36)32-11-7-19(8-12-32)26(35)33-14-21(20-5-6-22(29)23(30)13-20)24(15-33)31(2)25(34)17-37-16-18-3-4-18/h5-6,13,18-19,21,24H,3-4,7-12,14-17H2,1-2H3. The lowest BCUT2D eigenvalue weighted by Gasteiger charge is -2.34. The van der Waals surface area contributed by atoms with Gasteiger partial charge in [-0.1, -0.05) is 36.2 Å². The Bertz CT molecular complexity index is 1050. The number of ether oxygens (including phenoxy) is 1. The fourth-order valence-corrected chi connectivity index (χ4v) is 5.99. The van der Waals surface area contributed by atoms with Gasteiger partial charge in [0.1, 0.15) is 6.61 Å². The van der Waals surface area contributed by atoms with Crippen LogP contribution in [0.2, 0.25) is 10.0 Å². The third-order valence-corrected chi connectivity index (χ3v) is 9.53. The number of benzene rings is 1. The van der Waals surface area contributed by atoms with Crippen molar-refractivity contribution in [3.05, 3.63) is 33.8 Å². The van der Waals surface area contributed by atoms with Gasteiger partial charge in [-0.3, -0.25) is 14.4 Å². The number of amides is 3. The van der Waals surface area contributed by atoms with E-state index in [4.69, 9.17) is 27.9 Å². The molecule has 2 aliphatic heterocycles. The molecule has 2 atom stereocenters. The molecular weight excluding hydrogens is 513 g/mol. The Hall–Kier alpha value is -1.83. The fourth-order valence-electron chi connectivity index (χ4n) is 5.68. The summed E-state index contributed by atoms with van der Waals surface area (Å²) in [5.41, 5.74) is 0.789. The minimum absolute atomic E-state index is 0.0525. The van der Waals surface area contributed by atoms with E-state index in [0.29, 0.717) is 61.6 Å². The molecule has 37 heavy (non-hydrogen) atoms. The Morgan fingerprint density at radius 2 is 1.73 bits per heavy atom. The maximum absolute atomic E-state index is 13.6. The summed E-state index contributed by atoms with van der Waals surface area (Å²) in [7, 11) is 1.80. The van der Waals surface area contributed by atoms with Crippen molar-refractivity contribution in [2.45, 2.75) is 57.4 Å². The lowest BCUT2D eigenvalue weighted by Crippen LogP contribution is -2.47. The summed E-state index contributed by atoms with van der Waals surface area (Å²) in [6, 6.07) is 5.37. The van der Waals surface area contributed by atoms with Gasteiger partial charge in [0, 0.05) is 50.5 Å². The number of piperidine rings is 1. The smallest absolute Gasteiger partial charge is 0.248 e. The van der Waals surface area contributed by atoms with Crippen molar-refractivity contribution >= 4 is 40.9 Å². The zero-order chi connectivity index (χ0) is 26.3. The third kappa shape index (κ3) is 5.94. The largest absolute Gasteiger partial charge is 0.371 e. The molecule has 2 saturated heterocycles. The van der Waals surface area contributed by atoms with E-state index in [-0.39, 0.29) is 47.6 Å². The van der Waals surface area contributed by atoms with E-state index in [1.807, 2.05) is 28.9 Å². The quantitative estimate of drug-likeness (QED) is 0.487. The molecule has 9 heteroatoms. The predicted molar refractivity (Wildman–Crippen MR) is 143 cm³/mol. The van der Waals surface area contributed by atoms with Gasteiger partial charge in [0.25, 0.3) is 0 Å². The van der Waals surface area contributed by atoms with Gasteiger partial charge in [0.2, 0.25) is 17.7 Å². The summed E-state index contributed by atoms with van der Waals surface area (Å²) < 4.78 is 5.66. The molecule has 2 aliphatic carbocycles. The van der Waals surface area contributed by atoms with Crippen LogP contribution < -0.4 is 0 Å². The highest BCUT2D eigenvalue weighted by Crippen LogP contribution is 2.47. The van der Waals surface area contributed by atoms with Gasteiger partial charge in [-0.25, -0.2) is 0 Å². The number of likely N-dealkylation sites (N-methyl/N-ethyl adjacent to an activating group) is 1. The molecule has 0 radical (unpaired) electrons. The molecule has 1 aromatic carbocycles. The molecule has 1 aromatic rings. The molecule has 0 spiro atoms. The highest BCUT2D eigenvalue weighted by atomic mass is 35.5. The van der Waals surface area contributed by atoms with E-state index in [0.717, 1.165) is 18.4 Å². The summed E-state index contributed by atoms with van der Waals surface area (Å²) in [6.07, 6.45) is 5.65. The SMILES string of the molecule is CN(C(=O)COCC1CC1)C1CN(C(=O)C2CCN(C(=O)C3(C)CC3)CC2)CC1c1ccc(Cl)c(Cl)c1. The molecule has 2 unspecified atom stereocenters. The number of hydrogen-bond acceptors (Lipinski definition) is 4. The minimum Gasteiger partial charge on any atom is -0.371 e. The van der Waals surface area contributed by atoms with Crippen molar-refractivity contribution in [2.75, 3.05) is 46.4 Å². The summed E-state index contributed by atoms with van der Waals surface area (Å²) in [5, 5.41) is 0.943. The first-order valence-corrected chi connectivity index (χ1v) is 14.3. The van der Waals surface area contributed by atoms with Crippen LogP contribution in [0.1, 0.15) is 56.9 Å². The monoisotopic (exact) mass is 549 g/mol. The van der Waals surface area contributed by atoms with Gasteiger partial charge >= 0.3 is 0 Å². The van der Waals surface area contributed by atoms with Crippen LogP contribution in [0.4, 0.5) is 0 Å². The van der Waals surface area contributed by atoms with E-state index in [1.54, 1.807) is 18.0 Å². The molecule has 7 nitrogen and oxygen atoms in total. The fraction of sp³-hybridized carbons (Fsp3) is 0.679. The maximum atomic E-state index is 13.6. The number of rotatable bonds is 8. The molecule has 0 N–H and O–H groups in total. The molecule has 202 valence electrons. The van der Waals surface area contributed by atoms with Gasteiger partial charge in [0.05, 0.1) is 22.7 Å². The highest BCUT2D eigenvalue weighted by molar-refractivity contribution is 6.42. The normalized spacial score (nSPS) is 25.3. The van der Waals surface area contributed by atoms with Gasteiger partial charge in [-0.15, -0.1) is 0 Å². The second kappa shape index (κ2) is 10.7. The van der Waals surface area contributed by atoms with Crippen LogP contribution in [0, 0.1) is 17.3 Å². The van der Waals surface area contributed by atoms with Crippen LogP contribution >= 0.6 is 23.2 Å². The molecule has 4 fully saturated rings. The van der Waals surface area contributed by atoms with E-state index in [9.17, 15) is 14.4 Å². The van der Waals surface area contributed by atoms with Crippen molar-refractivity contribution in [1.29, 1.82) is 0 Å². The molecule has 5 rings (SSSR count). The van der Waals surface area contributed by atoms with E-state index in [1.165, 1.54) is 12.8 Å². The van der Waals surface area contributed by atoms with Gasteiger partial charge in [-0.2, -0.15) is 0 Å². The summed E-state index contributed by atoms with van der Waals surface area (Å²) in [5.74, 6) is 0.687. The van der Waals surface area contributed by atoms with Crippen LogP contribution in [0.15, 0.2) is 18.2 Å². The Labute approximate surface area is 229 Å². The van der Waals surface area contributed by atoms with Crippen LogP contribution in [0.3, 0.4) is 0 Å². The number of hydrogen-bond donors (Lipinski definition) is 0. The topological polar surface area (TPSA) is 70.2 Å². The number of carbonyl (C=O) groups excluding carboxylic acids is 3. The summed E-state index contributed by atoms with van der Waals surface area (Å²) in [6.45, 7) is 4.96. The van der Waals surface area contributed by atoms with Crippen LogP contribution in [0.25, 0.3) is 0 Å². The summed E-state index contributed by atoms with van der Waals surface area (Å²) >= 11 is 12.5. The first kappa shape index (κ1) is 26.8. The molecule has 2 heterocycles. The van der Waals surface area contributed by atoms with Crippen LogP contribution in [-0.2, 0) is 19.1 Å². The molecule has 0 aromatic heterocycles. The second-order valence-corrected chi connectivity index (χ2v) is 12.5. The predicted octanol–water partition coefficient (Wildman–Crippen LogP) is 4.21. The van der Waals surface area contributed by atoms with E-state index >= 15 is 0 Å². The van der Waals surface area contributed by atoms with Gasteiger partial charge in [-0.05, 0) is 62.1 Å². The molecule has 3 amide bonds. The zero-order valence-corrected chi connectivity index (χ0v) is 23.3. The average molecular weight is 551 g/mol. The number of halogens is 2. The van der Waals surface area contributed by atoms with E-state index < -0.39 is 0 Å². The Morgan fingerprint density at radius 3 is 2.35 bits per heavy atom. The van der Waals surface area contributed by atoms with Crippen molar-refractivity contribution in [3.8, 4) is 0 Å². The summed E-state index contributed by atoms with van der Waals surface area (Å²) in [4.78, 5) is 44.9. The van der Waals surface area contributed by atoms with Crippen molar-refractivity contribution in [1.82, 2.24) is 14.7 Å². The first-order valence-electron chi connectivity index (χ1n) is 13.5. The average Bonchev–Trinajstić information content (AvgIpc) is 3.83. The van der Waals surface area contributed by atoms with Crippen molar-refractivity contribution in [2.24, 2.45) is 17.3 Å². The van der Waals surface area contributed by atoms with Gasteiger partial charge in [0.15, 0.2) is 0 Å².